The fourth-order valence-electron chi connectivity index (χ4n) is 2.64. The largest absolute Gasteiger partial charge is 0.332 e. The second-order valence-corrected chi connectivity index (χ2v) is 9.99. The zero-order valence-corrected chi connectivity index (χ0v) is 18.4. The first-order valence-corrected chi connectivity index (χ1v) is 11.4. The molecule has 2 aromatic heterocycles. The molecular weight excluding hydrogens is 422 g/mol. The monoisotopic (exact) mass is 444 g/mol. The average molecular weight is 445 g/mol. The SMILES string of the molecule is CC(C)(C)NS(=O)(=O)c1cc(NC(=O)NCc2ccccn2)ccc1-c1cn[c]s1. The molecule has 10 heteroatoms. The van der Waals surface area contributed by atoms with E-state index in [9.17, 15) is 13.2 Å². The van der Waals surface area contributed by atoms with Gasteiger partial charge in [-0.2, -0.15) is 0 Å². The summed E-state index contributed by atoms with van der Waals surface area (Å²) >= 11 is 1.21. The van der Waals surface area contributed by atoms with E-state index in [4.69, 9.17) is 0 Å². The van der Waals surface area contributed by atoms with Gasteiger partial charge in [0.1, 0.15) is 0 Å². The molecule has 0 atom stereocenters. The second kappa shape index (κ2) is 8.90. The summed E-state index contributed by atoms with van der Waals surface area (Å²) in [5.74, 6) is 0. The van der Waals surface area contributed by atoms with Crippen molar-refractivity contribution < 1.29 is 13.2 Å². The van der Waals surface area contributed by atoms with E-state index in [1.54, 1.807) is 57.4 Å². The van der Waals surface area contributed by atoms with Gasteiger partial charge < -0.3 is 10.6 Å². The third kappa shape index (κ3) is 5.85. The van der Waals surface area contributed by atoms with Gasteiger partial charge in [-0.15, -0.1) is 11.3 Å². The second-order valence-electron chi connectivity index (χ2n) is 7.51. The topological polar surface area (TPSA) is 113 Å². The van der Waals surface area contributed by atoms with Gasteiger partial charge in [0.2, 0.25) is 10.0 Å². The number of nitrogens with zero attached hydrogens (tertiary/aromatic N) is 2. The van der Waals surface area contributed by atoms with Crippen LogP contribution < -0.4 is 15.4 Å². The molecule has 3 N–H and O–H groups in total. The van der Waals surface area contributed by atoms with Gasteiger partial charge in [0.25, 0.3) is 0 Å². The van der Waals surface area contributed by atoms with E-state index >= 15 is 0 Å². The fraction of sp³-hybridized carbons (Fsp3) is 0.250. The van der Waals surface area contributed by atoms with Crippen molar-refractivity contribution in [2.45, 2.75) is 37.8 Å². The van der Waals surface area contributed by atoms with Crippen LogP contribution in [0.15, 0.2) is 53.7 Å². The number of carbonyl (C=O) groups excluding carboxylic acids is 1. The van der Waals surface area contributed by atoms with E-state index < -0.39 is 21.6 Å². The standard InChI is InChI=1S/C20H22N5O3S2/c1-20(2,3)25-30(27,28)18-10-14(7-8-16(18)17-12-21-13-29-17)24-19(26)23-11-15-6-4-5-9-22-15/h4-10,12,25H,11H2,1-3H3,(H2,23,24,26). The van der Waals surface area contributed by atoms with Gasteiger partial charge in [-0.1, -0.05) is 12.1 Å². The van der Waals surface area contributed by atoms with Crippen molar-refractivity contribution in [1.29, 1.82) is 0 Å². The maximum absolute atomic E-state index is 13.0. The third-order valence-corrected chi connectivity index (χ3v) is 6.32. The van der Waals surface area contributed by atoms with Crippen LogP contribution in [0.4, 0.5) is 10.5 Å². The Bertz CT molecular complexity index is 1110. The summed E-state index contributed by atoms with van der Waals surface area (Å²) < 4.78 is 28.7. The van der Waals surface area contributed by atoms with Gasteiger partial charge in [-0.05, 0) is 45.0 Å². The lowest BCUT2D eigenvalue weighted by Gasteiger charge is -2.22. The van der Waals surface area contributed by atoms with Crippen LogP contribution >= 0.6 is 11.3 Å². The van der Waals surface area contributed by atoms with Crippen LogP contribution in [-0.2, 0) is 16.6 Å². The number of carbonyl (C=O) groups is 1. The van der Waals surface area contributed by atoms with Crippen molar-refractivity contribution in [2.75, 3.05) is 5.32 Å². The number of anilines is 1. The molecule has 157 valence electrons. The Balaban J connectivity index is 1.85. The van der Waals surface area contributed by atoms with E-state index in [1.165, 1.54) is 17.4 Å². The number of rotatable bonds is 6. The predicted octanol–water partition coefficient (Wildman–Crippen LogP) is 3.40. The molecule has 2 amide bonds. The van der Waals surface area contributed by atoms with Crippen molar-refractivity contribution in [3.63, 3.8) is 0 Å². The van der Waals surface area contributed by atoms with E-state index in [0.29, 0.717) is 21.8 Å². The van der Waals surface area contributed by atoms with Gasteiger partial charge in [-0.25, -0.2) is 22.9 Å². The molecule has 30 heavy (non-hydrogen) atoms. The Kier molecular flexibility index (Phi) is 6.49. The molecule has 1 radical (unpaired) electrons. The molecule has 0 saturated carbocycles. The highest BCUT2D eigenvalue weighted by atomic mass is 32.2. The number of benzene rings is 1. The minimum atomic E-state index is -3.85. The summed E-state index contributed by atoms with van der Waals surface area (Å²) in [6.45, 7) is 5.53. The molecule has 2 heterocycles. The number of aromatic nitrogens is 2. The molecule has 3 aromatic rings. The molecule has 0 bridgehead atoms. The quantitative estimate of drug-likeness (QED) is 0.539. The third-order valence-electron chi connectivity index (χ3n) is 3.78. The van der Waals surface area contributed by atoms with Crippen LogP contribution in [0, 0.1) is 5.51 Å². The number of pyridine rings is 1. The molecule has 3 rings (SSSR count). The van der Waals surface area contributed by atoms with E-state index in [2.05, 4.69) is 30.8 Å². The number of nitrogens with one attached hydrogen (secondary N) is 3. The minimum absolute atomic E-state index is 0.0533. The number of hydrogen-bond acceptors (Lipinski definition) is 6. The zero-order chi connectivity index (χ0) is 21.8. The molecule has 8 nitrogen and oxygen atoms in total. The molecule has 0 spiro atoms. The number of thiazole rings is 1. The van der Waals surface area contributed by atoms with Gasteiger partial charge in [0, 0.05) is 29.2 Å². The fourth-order valence-corrected chi connectivity index (χ4v) is 4.97. The Morgan fingerprint density at radius 2 is 2.00 bits per heavy atom. The first kappa shape index (κ1) is 21.9. The van der Waals surface area contributed by atoms with E-state index in [-0.39, 0.29) is 11.4 Å². The van der Waals surface area contributed by atoms with Gasteiger partial charge in [-0.3, -0.25) is 4.98 Å². The Labute approximate surface area is 179 Å². The molecule has 0 aliphatic heterocycles. The Hall–Kier alpha value is -2.82. The van der Waals surface area contributed by atoms with Crippen LogP contribution in [0.3, 0.4) is 0 Å². The normalized spacial score (nSPS) is 11.8. The van der Waals surface area contributed by atoms with Crippen LogP contribution in [0.2, 0.25) is 0 Å². The number of sulfonamides is 1. The summed E-state index contributed by atoms with van der Waals surface area (Å²) in [6, 6.07) is 9.68. The summed E-state index contributed by atoms with van der Waals surface area (Å²) in [5.41, 5.74) is 3.61. The van der Waals surface area contributed by atoms with E-state index in [0.717, 1.165) is 0 Å². The molecule has 0 saturated heterocycles. The Morgan fingerprint density at radius 1 is 1.20 bits per heavy atom. The first-order chi connectivity index (χ1) is 14.1. The molecule has 1 aromatic carbocycles. The summed E-state index contributed by atoms with van der Waals surface area (Å²) in [4.78, 5) is 21.0. The van der Waals surface area contributed by atoms with Crippen LogP contribution in [0.1, 0.15) is 26.5 Å². The van der Waals surface area contributed by atoms with Gasteiger partial charge >= 0.3 is 6.03 Å². The minimum Gasteiger partial charge on any atom is -0.332 e. The zero-order valence-electron chi connectivity index (χ0n) is 16.8. The first-order valence-electron chi connectivity index (χ1n) is 9.09. The molecule has 0 aliphatic rings. The highest BCUT2D eigenvalue weighted by molar-refractivity contribution is 7.89. The van der Waals surface area contributed by atoms with Crippen molar-refractivity contribution in [3.05, 3.63) is 60.0 Å². The predicted molar refractivity (Wildman–Crippen MR) is 117 cm³/mol. The number of amides is 2. The maximum atomic E-state index is 13.0. The van der Waals surface area contributed by atoms with Gasteiger partial charge in [0.05, 0.1) is 22.0 Å². The average Bonchev–Trinajstić information content (AvgIpc) is 3.20. The van der Waals surface area contributed by atoms with E-state index in [1.807, 2.05) is 6.07 Å². The molecule has 0 unspecified atom stereocenters. The highest BCUT2D eigenvalue weighted by Gasteiger charge is 2.26. The van der Waals surface area contributed by atoms with Crippen LogP contribution in [-0.4, -0.2) is 30.0 Å². The maximum Gasteiger partial charge on any atom is 0.319 e. The number of hydrogen-bond donors (Lipinski definition) is 3. The molecule has 0 aliphatic carbocycles. The summed E-state index contributed by atoms with van der Waals surface area (Å²) in [5, 5.41) is 5.37. The van der Waals surface area contributed by atoms with Gasteiger partial charge in [0.15, 0.2) is 5.51 Å². The number of urea groups is 1. The van der Waals surface area contributed by atoms with Crippen molar-refractivity contribution >= 4 is 33.1 Å². The van der Waals surface area contributed by atoms with Crippen molar-refractivity contribution in [2.24, 2.45) is 0 Å². The van der Waals surface area contributed by atoms with Crippen molar-refractivity contribution in [1.82, 2.24) is 20.0 Å². The lowest BCUT2D eigenvalue weighted by Crippen LogP contribution is -2.40. The smallest absolute Gasteiger partial charge is 0.319 e. The lowest BCUT2D eigenvalue weighted by atomic mass is 10.1. The molecular formula is C20H22N5O3S2. The van der Waals surface area contributed by atoms with Crippen molar-refractivity contribution in [3.8, 4) is 10.4 Å². The molecule has 0 fully saturated rings. The lowest BCUT2D eigenvalue weighted by molar-refractivity contribution is 0.251. The highest BCUT2D eigenvalue weighted by Crippen LogP contribution is 2.32. The summed E-state index contributed by atoms with van der Waals surface area (Å²) in [6.07, 6.45) is 3.20. The van der Waals surface area contributed by atoms with Crippen LogP contribution in [0.25, 0.3) is 10.4 Å². The Morgan fingerprint density at radius 3 is 2.63 bits per heavy atom. The summed E-state index contributed by atoms with van der Waals surface area (Å²) in [7, 11) is -3.85. The van der Waals surface area contributed by atoms with Crippen LogP contribution in [0.5, 0.6) is 0 Å².